The fourth-order valence-corrected chi connectivity index (χ4v) is 5.14. The number of methoxy groups -OCH3 is 1. The van der Waals surface area contributed by atoms with Crippen molar-refractivity contribution in [3.05, 3.63) is 29.1 Å². The van der Waals surface area contributed by atoms with Crippen molar-refractivity contribution in [3.63, 3.8) is 0 Å². The van der Waals surface area contributed by atoms with Gasteiger partial charge in [0, 0.05) is 24.0 Å². The first-order chi connectivity index (χ1) is 14.5. The SMILES string of the molecule is COc1ccc(C2CCCCC2)cc1-c1csc(NC(=O)[C@H]2CCN(C(=O)O)C2)n1. The summed E-state index contributed by atoms with van der Waals surface area (Å²) < 4.78 is 5.56. The first-order valence-corrected chi connectivity index (χ1v) is 11.4. The number of hydrogen-bond donors (Lipinski definition) is 2. The van der Waals surface area contributed by atoms with E-state index < -0.39 is 6.09 Å². The van der Waals surface area contributed by atoms with Gasteiger partial charge in [-0.05, 0) is 42.9 Å². The van der Waals surface area contributed by atoms with Crippen LogP contribution in [0.15, 0.2) is 23.6 Å². The minimum Gasteiger partial charge on any atom is -0.496 e. The Morgan fingerprint density at radius 3 is 2.73 bits per heavy atom. The maximum absolute atomic E-state index is 12.5. The molecule has 2 N–H and O–H groups in total. The van der Waals surface area contributed by atoms with Gasteiger partial charge in [0.25, 0.3) is 0 Å². The quantitative estimate of drug-likeness (QED) is 0.712. The highest BCUT2D eigenvalue weighted by atomic mass is 32.1. The first-order valence-electron chi connectivity index (χ1n) is 10.5. The van der Waals surface area contributed by atoms with Gasteiger partial charge in [-0.3, -0.25) is 4.79 Å². The second-order valence-electron chi connectivity index (χ2n) is 8.04. The molecule has 0 unspecified atom stereocenters. The van der Waals surface area contributed by atoms with E-state index in [0.717, 1.165) is 17.0 Å². The molecule has 2 aromatic rings. The van der Waals surface area contributed by atoms with Crippen molar-refractivity contribution in [1.82, 2.24) is 9.88 Å². The summed E-state index contributed by atoms with van der Waals surface area (Å²) in [6, 6.07) is 6.34. The Labute approximate surface area is 180 Å². The van der Waals surface area contributed by atoms with Crippen LogP contribution in [0.25, 0.3) is 11.3 Å². The van der Waals surface area contributed by atoms with Crippen LogP contribution in [-0.2, 0) is 4.79 Å². The number of nitrogens with zero attached hydrogens (tertiary/aromatic N) is 2. The van der Waals surface area contributed by atoms with Crippen LogP contribution < -0.4 is 10.1 Å². The van der Waals surface area contributed by atoms with Gasteiger partial charge in [0.05, 0.1) is 18.7 Å². The second kappa shape index (κ2) is 9.04. The van der Waals surface area contributed by atoms with Gasteiger partial charge < -0.3 is 20.1 Å². The van der Waals surface area contributed by atoms with E-state index in [1.54, 1.807) is 7.11 Å². The molecule has 8 heteroatoms. The Morgan fingerprint density at radius 2 is 2.03 bits per heavy atom. The van der Waals surface area contributed by atoms with E-state index in [9.17, 15) is 9.59 Å². The maximum Gasteiger partial charge on any atom is 0.407 e. The van der Waals surface area contributed by atoms with Crippen LogP contribution in [-0.4, -0.2) is 47.2 Å². The number of thiazole rings is 1. The van der Waals surface area contributed by atoms with Crippen molar-refractivity contribution in [2.75, 3.05) is 25.5 Å². The van der Waals surface area contributed by atoms with Crippen molar-refractivity contribution in [3.8, 4) is 17.0 Å². The molecule has 2 amide bonds. The summed E-state index contributed by atoms with van der Waals surface area (Å²) in [6.07, 6.45) is 5.87. The average molecular weight is 430 g/mol. The Kier molecular flexibility index (Phi) is 6.22. The number of carbonyl (C=O) groups is 2. The number of ether oxygens (including phenoxy) is 1. The molecule has 2 heterocycles. The normalized spacial score (nSPS) is 19.6. The monoisotopic (exact) mass is 429 g/mol. The van der Waals surface area contributed by atoms with Gasteiger partial charge in [0.1, 0.15) is 5.75 Å². The predicted molar refractivity (Wildman–Crippen MR) is 116 cm³/mol. The van der Waals surface area contributed by atoms with E-state index in [-0.39, 0.29) is 18.4 Å². The zero-order valence-electron chi connectivity index (χ0n) is 17.1. The van der Waals surface area contributed by atoms with E-state index in [4.69, 9.17) is 9.84 Å². The van der Waals surface area contributed by atoms with Crippen LogP contribution in [0.1, 0.15) is 50.0 Å². The van der Waals surface area contributed by atoms with Crippen LogP contribution in [0.5, 0.6) is 5.75 Å². The van der Waals surface area contributed by atoms with E-state index in [1.165, 1.54) is 53.9 Å². The molecule has 0 spiro atoms. The van der Waals surface area contributed by atoms with Crippen molar-refractivity contribution in [2.45, 2.75) is 44.4 Å². The fourth-order valence-electron chi connectivity index (χ4n) is 4.43. The lowest BCUT2D eigenvalue weighted by Crippen LogP contribution is -2.30. The molecule has 0 bridgehead atoms. The number of likely N-dealkylation sites (tertiary alicyclic amines) is 1. The predicted octanol–water partition coefficient (Wildman–Crippen LogP) is 4.80. The number of anilines is 1. The van der Waals surface area contributed by atoms with Crippen LogP contribution in [0.2, 0.25) is 0 Å². The number of amides is 2. The summed E-state index contributed by atoms with van der Waals surface area (Å²) in [4.78, 5) is 29.5. The maximum atomic E-state index is 12.5. The summed E-state index contributed by atoms with van der Waals surface area (Å²) >= 11 is 1.37. The van der Waals surface area contributed by atoms with Crippen LogP contribution >= 0.6 is 11.3 Å². The Morgan fingerprint density at radius 1 is 1.23 bits per heavy atom. The number of nitrogens with one attached hydrogen (secondary N) is 1. The lowest BCUT2D eigenvalue weighted by atomic mass is 9.83. The summed E-state index contributed by atoms with van der Waals surface area (Å²) in [5.74, 6) is 0.839. The van der Waals surface area contributed by atoms with E-state index in [0.29, 0.717) is 24.0 Å². The first kappa shape index (κ1) is 20.7. The molecular weight excluding hydrogens is 402 g/mol. The summed E-state index contributed by atoms with van der Waals surface area (Å²) in [5.41, 5.74) is 3.04. The highest BCUT2D eigenvalue weighted by Gasteiger charge is 2.31. The van der Waals surface area contributed by atoms with Gasteiger partial charge in [-0.25, -0.2) is 9.78 Å². The number of aromatic nitrogens is 1. The zero-order valence-corrected chi connectivity index (χ0v) is 17.9. The summed E-state index contributed by atoms with van der Waals surface area (Å²) in [5, 5.41) is 14.4. The Balaban J connectivity index is 1.49. The number of rotatable bonds is 5. The summed E-state index contributed by atoms with van der Waals surface area (Å²) in [6.45, 7) is 0.623. The molecule has 1 aromatic carbocycles. The van der Waals surface area contributed by atoms with Crippen LogP contribution in [0.3, 0.4) is 0 Å². The Bertz CT molecular complexity index is 923. The van der Waals surface area contributed by atoms with Crippen molar-refractivity contribution in [1.29, 1.82) is 0 Å². The minimum atomic E-state index is -0.980. The molecule has 7 nitrogen and oxygen atoms in total. The molecule has 1 aliphatic carbocycles. The van der Waals surface area contributed by atoms with Gasteiger partial charge in [0.15, 0.2) is 5.13 Å². The molecule has 1 aliphatic heterocycles. The van der Waals surface area contributed by atoms with E-state index in [2.05, 4.69) is 22.4 Å². The van der Waals surface area contributed by atoms with E-state index in [1.807, 2.05) is 11.4 Å². The molecule has 2 aliphatic rings. The zero-order chi connectivity index (χ0) is 21.1. The molecule has 160 valence electrons. The molecular formula is C22H27N3O4S. The molecule has 1 saturated heterocycles. The molecule has 30 heavy (non-hydrogen) atoms. The number of carboxylic acid groups (broad SMARTS) is 1. The lowest BCUT2D eigenvalue weighted by Gasteiger charge is -2.22. The third-order valence-corrected chi connectivity index (χ3v) is 6.90. The van der Waals surface area contributed by atoms with Crippen molar-refractivity contribution >= 4 is 28.5 Å². The topological polar surface area (TPSA) is 91.8 Å². The molecule has 4 rings (SSSR count). The van der Waals surface area contributed by atoms with E-state index >= 15 is 0 Å². The summed E-state index contributed by atoms with van der Waals surface area (Å²) in [7, 11) is 1.66. The van der Waals surface area contributed by atoms with Crippen LogP contribution in [0, 0.1) is 5.92 Å². The molecule has 0 radical (unpaired) electrons. The Hall–Kier alpha value is -2.61. The van der Waals surface area contributed by atoms with Gasteiger partial charge in [-0.15, -0.1) is 11.3 Å². The lowest BCUT2D eigenvalue weighted by molar-refractivity contribution is -0.119. The van der Waals surface area contributed by atoms with Gasteiger partial charge in [-0.2, -0.15) is 0 Å². The number of hydrogen-bond acceptors (Lipinski definition) is 5. The third kappa shape index (κ3) is 4.43. The molecule has 1 aromatic heterocycles. The standard InChI is InChI=1S/C22H27N3O4S/c1-29-19-8-7-15(14-5-3-2-4-6-14)11-17(19)18-13-30-21(23-18)24-20(26)16-9-10-25(12-16)22(27)28/h7-8,11,13-14,16H,2-6,9-10,12H2,1H3,(H,27,28)(H,23,24,26)/t16-/m0/s1. The van der Waals surface area contributed by atoms with Crippen LogP contribution in [0.4, 0.5) is 9.93 Å². The van der Waals surface area contributed by atoms with Gasteiger partial charge in [0.2, 0.25) is 5.91 Å². The van der Waals surface area contributed by atoms with Gasteiger partial charge in [-0.1, -0.05) is 25.3 Å². The largest absolute Gasteiger partial charge is 0.496 e. The smallest absolute Gasteiger partial charge is 0.407 e. The number of carbonyl (C=O) groups excluding carboxylic acids is 1. The minimum absolute atomic E-state index is 0.178. The third-order valence-electron chi connectivity index (χ3n) is 6.14. The van der Waals surface area contributed by atoms with Crippen molar-refractivity contribution in [2.24, 2.45) is 5.92 Å². The highest BCUT2D eigenvalue weighted by molar-refractivity contribution is 7.14. The van der Waals surface area contributed by atoms with Crippen molar-refractivity contribution < 1.29 is 19.4 Å². The van der Waals surface area contributed by atoms with Gasteiger partial charge >= 0.3 is 6.09 Å². The highest BCUT2D eigenvalue weighted by Crippen LogP contribution is 2.38. The molecule has 1 atom stereocenters. The fraction of sp³-hybridized carbons (Fsp3) is 0.500. The second-order valence-corrected chi connectivity index (χ2v) is 8.89. The molecule has 1 saturated carbocycles. The average Bonchev–Trinajstić information content (AvgIpc) is 3.44. The molecule has 2 fully saturated rings. The number of benzene rings is 1.